The number of morpholine rings is 1. The van der Waals surface area contributed by atoms with Crippen molar-refractivity contribution in [2.45, 2.75) is 37.6 Å². The number of rotatable bonds is 2. The van der Waals surface area contributed by atoms with E-state index >= 15 is 0 Å². The summed E-state index contributed by atoms with van der Waals surface area (Å²) in [6.45, 7) is 3.61. The Balaban J connectivity index is 2.12. The van der Waals surface area contributed by atoms with Crippen molar-refractivity contribution in [1.29, 1.82) is 0 Å². The van der Waals surface area contributed by atoms with E-state index < -0.39 is 0 Å². The first-order chi connectivity index (χ1) is 7.26. The second-order valence-corrected chi connectivity index (χ2v) is 5.00. The van der Waals surface area contributed by atoms with Crippen LogP contribution in [0.25, 0.3) is 0 Å². The molecule has 0 aromatic rings. The Morgan fingerprint density at radius 2 is 1.73 bits per heavy atom. The van der Waals surface area contributed by atoms with E-state index in [1.54, 1.807) is 0 Å². The molecule has 0 aromatic heterocycles. The van der Waals surface area contributed by atoms with Gasteiger partial charge in [0.15, 0.2) is 0 Å². The molecule has 0 unspecified atom stereocenters. The summed E-state index contributed by atoms with van der Waals surface area (Å²) in [5.41, 5.74) is 5.99. The maximum absolute atomic E-state index is 5.98. The van der Waals surface area contributed by atoms with Crippen molar-refractivity contribution in [2.24, 2.45) is 5.73 Å². The minimum absolute atomic E-state index is 0.0113. The summed E-state index contributed by atoms with van der Waals surface area (Å²) < 4.78 is 5.39. The van der Waals surface area contributed by atoms with E-state index in [2.05, 4.69) is 4.90 Å². The molecule has 1 saturated carbocycles. The Morgan fingerprint density at radius 1 is 1.13 bits per heavy atom. The van der Waals surface area contributed by atoms with Gasteiger partial charge in [0.25, 0.3) is 0 Å². The monoisotopic (exact) mass is 228 g/mol. The molecule has 2 N–H and O–H groups in total. The van der Waals surface area contributed by atoms with Crippen LogP contribution < -0.4 is 5.73 Å². The Hall–Kier alpha value is -0.190. The van der Waals surface area contributed by atoms with Crippen molar-refractivity contribution in [3.05, 3.63) is 0 Å². The highest BCUT2D eigenvalue weighted by atomic mass is 32.1. The quantitative estimate of drug-likeness (QED) is 0.723. The average Bonchev–Trinajstić information content (AvgIpc) is 2.31. The number of ether oxygens (including phenoxy) is 1. The van der Waals surface area contributed by atoms with Gasteiger partial charge in [-0.2, -0.15) is 0 Å². The molecule has 1 heterocycles. The zero-order valence-corrected chi connectivity index (χ0v) is 10.0. The van der Waals surface area contributed by atoms with Gasteiger partial charge in [-0.05, 0) is 12.8 Å². The van der Waals surface area contributed by atoms with Gasteiger partial charge in [-0.15, -0.1) is 0 Å². The van der Waals surface area contributed by atoms with Crippen LogP contribution in [-0.2, 0) is 4.74 Å². The second-order valence-electron chi connectivity index (χ2n) is 4.56. The predicted molar refractivity (Wildman–Crippen MR) is 65.0 cm³/mol. The van der Waals surface area contributed by atoms with Gasteiger partial charge < -0.3 is 10.5 Å². The molecule has 0 radical (unpaired) electrons. The lowest BCUT2D eigenvalue weighted by atomic mass is 9.80. The molecule has 2 fully saturated rings. The highest BCUT2D eigenvalue weighted by molar-refractivity contribution is 7.80. The molecule has 86 valence electrons. The van der Waals surface area contributed by atoms with Gasteiger partial charge in [-0.1, -0.05) is 31.5 Å². The number of hydrogen-bond acceptors (Lipinski definition) is 3. The lowest BCUT2D eigenvalue weighted by Gasteiger charge is -2.47. The Bertz CT molecular complexity index is 233. The molecule has 15 heavy (non-hydrogen) atoms. The van der Waals surface area contributed by atoms with Gasteiger partial charge in [0.2, 0.25) is 0 Å². The van der Waals surface area contributed by atoms with Crippen LogP contribution in [0.2, 0.25) is 0 Å². The lowest BCUT2D eigenvalue weighted by molar-refractivity contribution is -0.00997. The Labute approximate surface area is 96.9 Å². The summed E-state index contributed by atoms with van der Waals surface area (Å²) in [4.78, 5) is 3.15. The summed E-state index contributed by atoms with van der Waals surface area (Å²) in [6, 6.07) is 0. The molecular formula is C11H20N2OS. The largest absolute Gasteiger partial charge is 0.392 e. The fourth-order valence-corrected chi connectivity index (χ4v) is 3.18. The molecule has 4 heteroatoms. The normalized spacial score (nSPS) is 27.5. The summed E-state index contributed by atoms with van der Waals surface area (Å²) in [5, 5.41) is 0. The van der Waals surface area contributed by atoms with Gasteiger partial charge in [0.05, 0.1) is 23.7 Å². The topological polar surface area (TPSA) is 38.5 Å². The van der Waals surface area contributed by atoms with E-state index in [0.717, 1.165) is 39.1 Å². The van der Waals surface area contributed by atoms with Crippen molar-refractivity contribution in [2.75, 3.05) is 26.3 Å². The highest BCUT2D eigenvalue weighted by Crippen LogP contribution is 2.34. The molecule has 0 spiro atoms. The van der Waals surface area contributed by atoms with Crippen LogP contribution >= 0.6 is 12.2 Å². The van der Waals surface area contributed by atoms with E-state index in [1.165, 1.54) is 19.3 Å². The van der Waals surface area contributed by atoms with Crippen molar-refractivity contribution in [3.8, 4) is 0 Å². The summed E-state index contributed by atoms with van der Waals surface area (Å²) in [6.07, 6.45) is 6.13. The molecule has 2 aliphatic rings. The first kappa shape index (κ1) is 11.3. The number of thiocarbonyl (C=S) groups is 1. The van der Waals surface area contributed by atoms with Gasteiger partial charge in [0.1, 0.15) is 0 Å². The predicted octanol–water partition coefficient (Wildman–Crippen LogP) is 1.31. The Kier molecular flexibility index (Phi) is 3.59. The van der Waals surface area contributed by atoms with Crippen LogP contribution in [0.5, 0.6) is 0 Å². The maximum atomic E-state index is 5.98. The number of hydrogen-bond donors (Lipinski definition) is 1. The van der Waals surface area contributed by atoms with Crippen LogP contribution in [0.4, 0.5) is 0 Å². The van der Waals surface area contributed by atoms with E-state index in [-0.39, 0.29) is 5.54 Å². The van der Waals surface area contributed by atoms with E-state index in [1.807, 2.05) is 0 Å². The van der Waals surface area contributed by atoms with Crippen molar-refractivity contribution in [3.63, 3.8) is 0 Å². The molecule has 0 amide bonds. The molecule has 0 bridgehead atoms. The van der Waals surface area contributed by atoms with Crippen LogP contribution in [-0.4, -0.2) is 41.7 Å². The van der Waals surface area contributed by atoms with E-state index in [4.69, 9.17) is 22.7 Å². The smallest absolute Gasteiger partial charge is 0.0934 e. The van der Waals surface area contributed by atoms with Gasteiger partial charge in [-0.3, -0.25) is 4.90 Å². The third kappa shape index (κ3) is 2.17. The number of nitrogens with two attached hydrogens (primary N) is 1. The standard InChI is InChI=1S/C11H20N2OS/c12-10(15)11(4-2-1-3-5-11)13-6-8-14-9-7-13/h1-9H2,(H2,12,15). The zero-order chi connectivity index (χ0) is 10.7. The fraction of sp³-hybridized carbons (Fsp3) is 0.909. The zero-order valence-electron chi connectivity index (χ0n) is 9.21. The van der Waals surface area contributed by atoms with Crippen molar-refractivity contribution >= 4 is 17.2 Å². The molecule has 0 atom stereocenters. The summed E-state index contributed by atoms with van der Waals surface area (Å²) in [5.74, 6) is 0. The van der Waals surface area contributed by atoms with Crippen LogP contribution in [0.3, 0.4) is 0 Å². The van der Waals surface area contributed by atoms with Crippen molar-refractivity contribution in [1.82, 2.24) is 4.90 Å². The first-order valence-corrected chi connectivity index (χ1v) is 6.29. The fourth-order valence-electron chi connectivity index (χ4n) is 2.85. The Morgan fingerprint density at radius 3 is 2.27 bits per heavy atom. The summed E-state index contributed by atoms with van der Waals surface area (Å²) in [7, 11) is 0. The SMILES string of the molecule is NC(=S)C1(N2CCOCC2)CCCCC1. The van der Waals surface area contributed by atoms with Gasteiger partial charge >= 0.3 is 0 Å². The first-order valence-electron chi connectivity index (χ1n) is 5.88. The second kappa shape index (κ2) is 4.76. The lowest BCUT2D eigenvalue weighted by Crippen LogP contribution is -2.60. The maximum Gasteiger partial charge on any atom is 0.0934 e. The minimum Gasteiger partial charge on any atom is -0.392 e. The minimum atomic E-state index is 0.0113. The van der Waals surface area contributed by atoms with Gasteiger partial charge in [-0.25, -0.2) is 0 Å². The van der Waals surface area contributed by atoms with Crippen LogP contribution in [0.15, 0.2) is 0 Å². The third-order valence-electron chi connectivity index (χ3n) is 3.76. The molecule has 1 saturated heterocycles. The van der Waals surface area contributed by atoms with E-state index in [0.29, 0.717) is 4.99 Å². The third-order valence-corrected chi connectivity index (χ3v) is 4.14. The molecule has 1 aliphatic carbocycles. The highest BCUT2D eigenvalue weighted by Gasteiger charge is 2.40. The summed E-state index contributed by atoms with van der Waals surface area (Å²) >= 11 is 5.30. The van der Waals surface area contributed by atoms with Crippen molar-refractivity contribution < 1.29 is 4.74 Å². The van der Waals surface area contributed by atoms with Crippen LogP contribution in [0.1, 0.15) is 32.1 Å². The molecule has 1 aliphatic heterocycles. The molecular weight excluding hydrogens is 208 g/mol. The number of nitrogens with zero attached hydrogens (tertiary/aromatic N) is 1. The van der Waals surface area contributed by atoms with E-state index in [9.17, 15) is 0 Å². The van der Waals surface area contributed by atoms with Crippen LogP contribution in [0, 0.1) is 0 Å². The van der Waals surface area contributed by atoms with Gasteiger partial charge in [0, 0.05) is 13.1 Å². The molecule has 2 rings (SSSR count). The average molecular weight is 228 g/mol. The molecule has 3 nitrogen and oxygen atoms in total. The molecule has 0 aromatic carbocycles.